The summed E-state index contributed by atoms with van der Waals surface area (Å²) in [4.78, 5) is 44.1. The van der Waals surface area contributed by atoms with E-state index in [1.807, 2.05) is 72.6 Å². The fourth-order valence-corrected chi connectivity index (χ4v) is 6.22. The van der Waals surface area contributed by atoms with E-state index in [0.717, 1.165) is 11.1 Å². The molecule has 0 saturated carbocycles. The Morgan fingerprint density at radius 3 is 2.22 bits per heavy atom. The van der Waals surface area contributed by atoms with Gasteiger partial charge >= 0.3 is 11.7 Å². The van der Waals surface area contributed by atoms with Crippen molar-refractivity contribution in [2.75, 3.05) is 25.1 Å². The average Bonchev–Trinajstić information content (AvgIpc) is 3.18. The second-order valence-corrected chi connectivity index (χ2v) is 9.72. The zero-order valence-electron chi connectivity index (χ0n) is 21.1. The van der Waals surface area contributed by atoms with E-state index < -0.39 is 6.04 Å². The first-order chi connectivity index (χ1) is 17.3. The fraction of sp³-hybridized carbons (Fsp3) is 0.393. The predicted molar refractivity (Wildman–Crippen MR) is 138 cm³/mol. The molecular weight excluding hydrogens is 456 g/mol. The lowest BCUT2D eigenvalue weighted by Crippen LogP contribution is -2.50. The minimum Gasteiger partial charge on any atom is -0.465 e. The normalized spacial score (nSPS) is 23.3. The summed E-state index contributed by atoms with van der Waals surface area (Å²) in [5, 5.41) is 0. The second kappa shape index (κ2) is 9.43. The first-order valence-electron chi connectivity index (χ1n) is 12.4. The van der Waals surface area contributed by atoms with Crippen LogP contribution in [0.15, 0.2) is 70.3 Å². The highest BCUT2D eigenvalue weighted by atomic mass is 16.5. The van der Waals surface area contributed by atoms with Crippen molar-refractivity contribution >= 4 is 11.8 Å². The molecule has 2 aromatic carbocycles. The zero-order chi connectivity index (χ0) is 25.6. The van der Waals surface area contributed by atoms with E-state index in [4.69, 9.17) is 4.74 Å². The molecule has 3 aromatic rings. The lowest BCUT2D eigenvalue weighted by molar-refractivity contribution is -0.148. The van der Waals surface area contributed by atoms with Gasteiger partial charge in [0.05, 0.1) is 12.2 Å². The molecule has 188 valence electrons. The topological polar surface area (TPSA) is 76.8 Å². The molecular formula is C28H32N4O4. The number of likely N-dealkylation sites (tertiary alicyclic amines) is 1. The van der Waals surface area contributed by atoms with Crippen LogP contribution in [0.4, 0.5) is 5.82 Å². The van der Waals surface area contributed by atoms with Gasteiger partial charge in [-0.2, -0.15) is 0 Å². The van der Waals surface area contributed by atoms with Crippen LogP contribution in [0, 0.1) is 5.92 Å². The van der Waals surface area contributed by atoms with Crippen molar-refractivity contribution in [3.63, 3.8) is 0 Å². The molecule has 8 nitrogen and oxygen atoms in total. The van der Waals surface area contributed by atoms with Crippen LogP contribution in [-0.2, 0) is 30.2 Å². The first kappa shape index (κ1) is 24.1. The number of benzene rings is 2. The van der Waals surface area contributed by atoms with Crippen LogP contribution in [0.2, 0.25) is 0 Å². The summed E-state index contributed by atoms with van der Waals surface area (Å²) in [5.74, 6) is 0.0965. The first-order valence-corrected chi connectivity index (χ1v) is 12.4. The maximum Gasteiger partial charge on any atom is 0.332 e. The number of carbonyl (C=O) groups excluding carboxylic acids is 1. The molecule has 0 unspecified atom stereocenters. The number of aromatic nitrogens is 2. The minimum atomic E-state index is -0.547. The van der Waals surface area contributed by atoms with Gasteiger partial charge in [-0.15, -0.1) is 0 Å². The number of rotatable bonds is 5. The summed E-state index contributed by atoms with van der Waals surface area (Å²) in [6, 6.07) is 19.1. The van der Waals surface area contributed by atoms with E-state index in [1.54, 1.807) is 18.5 Å². The summed E-state index contributed by atoms with van der Waals surface area (Å²) in [5.41, 5.74) is 2.00. The summed E-state index contributed by atoms with van der Waals surface area (Å²) < 4.78 is 8.27. The number of likely N-dealkylation sites (N-methyl/N-ethyl adjacent to an activating group) is 1. The number of ether oxygens (including phenoxy) is 1. The molecule has 0 aliphatic carbocycles. The Morgan fingerprint density at radius 1 is 0.944 bits per heavy atom. The number of nitrogens with zero attached hydrogens (tertiary/aromatic N) is 4. The number of hydrogen-bond acceptors (Lipinski definition) is 6. The van der Waals surface area contributed by atoms with Crippen molar-refractivity contribution in [2.45, 2.75) is 31.5 Å². The summed E-state index contributed by atoms with van der Waals surface area (Å²) in [6.07, 6.45) is 0. The van der Waals surface area contributed by atoms with Crippen molar-refractivity contribution < 1.29 is 9.53 Å². The third-order valence-corrected chi connectivity index (χ3v) is 7.71. The van der Waals surface area contributed by atoms with E-state index in [9.17, 15) is 14.4 Å². The Morgan fingerprint density at radius 2 is 1.58 bits per heavy atom. The number of carbonyl (C=O) groups is 1. The van der Waals surface area contributed by atoms with E-state index >= 15 is 0 Å². The van der Waals surface area contributed by atoms with E-state index in [1.165, 1.54) is 11.6 Å². The van der Waals surface area contributed by atoms with Crippen LogP contribution in [0.25, 0.3) is 0 Å². The second-order valence-electron chi connectivity index (χ2n) is 9.72. The maximum absolute atomic E-state index is 13.7. The Kier molecular flexibility index (Phi) is 6.30. The van der Waals surface area contributed by atoms with Gasteiger partial charge in [0.15, 0.2) is 0 Å². The Balaban J connectivity index is 1.73. The van der Waals surface area contributed by atoms with Gasteiger partial charge in [0.25, 0.3) is 5.56 Å². The van der Waals surface area contributed by atoms with Crippen LogP contribution >= 0.6 is 0 Å². The SMILES string of the molecule is CCOC(=O)[C@H]1[C@@H](c2ccccc2)[C@@H]2CN(Cc3ccccc3)c3c(c(=O)n(C)c(=O)n3C)[C@@H]2N1C. The average molecular weight is 489 g/mol. The lowest BCUT2D eigenvalue weighted by atomic mass is 9.78. The van der Waals surface area contributed by atoms with Crippen LogP contribution in [0.3, 0.4) is 0 Å². The zero-order valence-corrected chi connectivity index (χ0v) is 21.1. The van der Waals surface area contributed by atoms with Crippen LogP contribution < -0.4 is 16.1 Å². The van der Waals surface area contributed by atoms with E-state index in [-0.39, 0.29) is 41.7 Å². The number of anilines is 1. The highest BCUT2D eigenvalue weighted by Gasteiger charge is 2.56. The standard InChI is InChI=1S/C28H32N4O4/c1-5-36-27(34)24-21(19-14-10-7-11-15-19)20-17-32(16-18-12-8-6-9-13-18)25-22(23(20)29(24)2)26(33)31(4)28(35)30(25)3/h6-15,20-21,23-24H,5,16-17H2,1-4H3/t20-,21-,23+,24+/m0/s1. The molecule has 36 heavy (non-hydrogen) atoms. The quantitative estimate of drug-likeness (QED) is 0.514. The van der Waals surface area contributed by atoms with Gasteiger partial charge in [-0.3, -0.25) is 23.6 Å². The Hall–Kier alpha value is -3.65. The smallest absolute Gasteiger partial charge is 0.332 e. The van der Waals surface area contributed by atoms with Crippen molar-refractivity contribution in [3.8, 4) is 0 Å². The molecule has 1 saturated heterocycles. The molecule has 0 radical (unpaired) electrons. The highest BCUT2D eigenvalue weighted by Crippen LogP contribution is 2.53. The van der Waals surface area contributed by atoms with Crippen LogP contribution in [0.1, 0.15) is 35.6 Å². The molecule has 0 spiro atoms. The molecule has 5 rings (SSSR count). The minimum absolute atomic E-state index is 0.0618. The predicted octanol–water partition coefficient (Wildman–Crippen LogP) is 2.42. The number of fused-ring (bicyclic) bond motifs is 3. The van der Waals surface area contributed by atoms with Crippen molar-refractivity contribution in [1.29, 1.82) is 0 Å². The molecule has 3 heterocycles. The summed E-state index contributed by atoms with van der Waals surface area (Å²) >= 11 is 0. The van der Waals surface area contributed by atoms with Gasteiger partial charge in [0, 0.05) is 45.1 Å². The molecule has 0 bridgehead atoms. The van der Waals surface area contributed by atoms with Gasteiger partial charge < -0.3 is 9.64 Å². The van der Waals surface area contributed by atoms with E-state index in [0.29, 0.717) is 24.5 Å². The summed E-state index contributed by atoms with van der Waals surface area (Å²) in [6.45, 7) is 3.23. The lowest BCUT2D eigenvalue weighted by Gasteiger charge is -2.41. The molecule has 8 heteroatoms. The van der Waals surface area contributed by atoms with Gasteiger partial charge in [-0.05, 0) is 25.1 Å². The van der Waals surface area contributed by atoms with Crippen molar-refractivity contribution in [2.24, 2.45) is 20.0 Å². The number of esters is 1. The van der Waals surface area contributed by atoms with Gasteiger partial charge in [0.1, 0.15) is 11.9 Å². The fourth-order valence-electron chi connectivity index (χ4n) is 6.22. The molecule has 2 aliphatic heterocycles. The molecule has 4 atom stereocenters. The Bertz CT molecular complexity index is 1380. The summed E-state index contributed by atoms with van der Waals surface area (Å²) in [7, 11) is 5.12. The van der Waals surface area contributed by atoms with E-state index in [2.05, 4.69) is 4.90 Å². The molecule has 1 fully saturated rings. The number of hydrogen-bond donors (Lipinski definition) is 0. The van der Waals surface area contributed by atoms with Gasteiger partial charge in [-0.1, -0.05) is 60.7 Å². The van der Waals surface area contributed by atoms with Gasteiger partial charge in [-0.25, -0.2) is 4.79 Å². The molecule has 0 amide bonds. The molecule has 2 aliphatic rings. The molecule has 1 aromatic heterocycles. The van der Waals surface area contributed by atoms with Crippen LogP contribution in [0.5, 0.6) is 0 Å². The molecule has 0 N–H and O–H groups in total. The van der Waals surface area contributed by atoms with Crippen molar-refractivity contribution in [1.82, 2.24) is 14.0 Å². The largest absolute Gasteiger partial charge is 0.465 e. The van der Waals surface area contributed by atoms with Crippen molar-refractivity contribution in [3.05, 3.63) is 98.2 Å². The van der Waals surface area contributed by atoms with Gasteiger partial charge in [0.2, 0.25) is 0 Å². The third kappa shape index (κ3) is 3.76. The van der Waals surface area contributed by atoms with Crippen LogP contribution in [-0.4, -0.2) is 46.2 Å². The Labute approximate surface area is 210 Å². The third-order valence-electron chi connectivity index (χ3n) is 7.71. The monoisotopic (exact) mass is 488 g/mol. The highest BCUT2D eigenvalue weighted by molar-refractivity contribution is 5.78. The maximum atomic E-state index is 13.7.